The van der Waals surface area contributed by atoms with E-state index in [0.29, 0.717) is 31.2 Å². The summed E-state index contributed by atoms with van der Waals surface area (Å²) in [6.45, 7) is 9.93. The summed E-state index contributed by atoms with van der Waals surface area (Å²) in [5.74, 6) is 1.41. The molecule has 2 aromatic heterocycles. The van der Waals surface area contributed by atoms with Crippen LogP contribution in [0.5, 0.6) is 0 Å². The van der Waals surface area contributed by atoms with Crippen LogP contribution in [0.4, 0.5) is 0 Å². The van der Waals surface area contributed by atoms with E-state index in [0.717, 1.165) is 24.6 Å². The molecule has 1 fully saturated rings. The molecule has 4 rings (SSSR count). The molecule has 0 spiro atoms. The molecule has 1 aromatic carbocycles. The molecule has 1 saturated heterocycles. The fraction of sp³-hybridized carbons (Fsp3) is 0.458. The van der Waals surface area contributed by atoms with Crippen molar-refractivity contribution in [2.75, 3.05) is 26.2 Å². The zero-order valence-electron chi connectivity index (χ0n) is 18.9. The third kappa shape index (κ3) is 4.28. The molecule has 0 radical (unpaired) electrons. The maximum Gasteiger partial charge on any atom is 0.272 e. The van der Waals surface area contributed by atoms with Crippen molar-refractivity contribution in [3.8, 4) is 0 Å². The van der Waals surface area contributed by atoms with E-state index in [9.17, 15) is 4.79 Å². The number of hydrogen-bond acceptors (Lipinski definition) is 4. The van der Waals surface area contributed by atoms with Gasteiger partial charge in [0.05, 0.1) is 11.7 Å². The van der Waals surface area contributed by atoms with Gasteiger partial charge in [0, 0.05) is 52.2 Å². The van der Waals surface area contributed by atoms with Gasteiger partial charge in [0.1, 0.15) is 11.5 Å². The molecule has 0 bridgehead atoms. The van der Waals surface area contributed by atoms with Gasteiger partial charge in [0.15, 0.2) is 0 Å². The molecule has 1 aliphatic heterocycles. The predicted octanol–water partition coefficient (Wildman–Crippen LogP) is 3.31. The van der Waals surface area contributed by atoms with Crippen LogP contribution in [-0.4, -0.2) is 61.2 Å². The van der Waals surface area contributed by atoms with E-state index in [1.807, 2.05) is 48.1 Å². The number of rotatable bonds is 6. The summed E-state index contributed by atoms with van der Waals surface area (Å²) in [5.41, 5.74) is 2.90. The van der Waals surface area contributed by atoms with Crippen LogP contribution in [0.2, 0.25) is 0 Å². The Balaban J connectivity index is 1.52. The molecule has 31 heavy (non-hydrogen) atoms. The quantitative estimate of drug-likeness (QED) is 0.614. The minimum atomic E-state index is 0.0761. The molecule has 0 N–H and O–H groups in total. The highest BCUT2D eigenvalue weighted by molar-refractivity contribution is 5.92. The third-order valence-corrected chi connectivity index (χ3v) is 6.09. The van der Waals surface area contributed by atoms with E-state index < -0.39 is 0 Å². The summed E-state index contributed by atoms with van der Waals surface area (Å²) in [6.07, 6.45) is 3.84. The summed E-state index contributed by atoms with van der Waals surface area (Å²) in [7, 11) is 2.04. The van der Waals surface area contributed by atoms with Gasteiger partial charge in [-0.25, -0.2) is 4.98 Å². The van der Waals surface area contributed by atoms with Crippen molar-refractivity contribution in [2.45, 2.75) is 39.3 Å². The lowest BCUT2D eigenvalue weighted by atomic mass is 10.0. The van der Waals surface area contributed by atoms with E-state index in [2.05, 4.69) is 57.7 Å². The number of hydrogen-bond donors (Lipinski definition) is 0. The molecule has 3 heterocycles. The first-order chi connectivity index (χ1) is 15.0. The lowest BCUT2D eigenvalue weighted by Crippen LogP contribution is -2.50. The van der Waals surface area contributed by atoms with E-state index in [4.69, 9.17) is 0 Å². The number of carbonyl (C=O) groups is 1. The van der Waals surface area contributed by atoms with Gasteiger partial charge in [0.25, 0.3) is 5.91 Å². The average molecular weight is 421 g/mol. The average Bonchev–Trinajstić information content (AvgIpc) is 3.41. The summed E-state index contributed by atoms with van der Waals surface area (Å²) in [6, 6.07) is 12.5. The summed E-state index contributed by atoms with van der Waals surface area (Å²) >= 11 is 0. The van der Waals surface area contributed by atoms with Crippen molar-refractivity contribution in [3.05, 3.63) is 71.6 Å². The highest BCUT2D eigenvalue weighted by Gasteiger charge is 2.31. The van der Waals surface area contributed by atoms with Crippen LogP contribution in [-0.2, 0) is 13.6 Å². The van der Waals surface area contributed by atoms with E-state index in [1.165, 1.54) is 5.56 Å². The smallest absolute Gasteiger partial charge is 0.272 e. The van der Waals surface area contributed by atoms with Gasteiger partial charge in [-0.3, -0.25) is 14.4 Å². The van der Waals surface area contributed by atoms with Gasteiger partial charge < -0.3 is 9.47 Å². The van der Waals surface area contributed by atoms with E-state index >= 15 is 0 Å². The summed E-state index contributed by atoms with van der Waals surface area (Å²) in [4.78, 5) is 22.3. The number of imidazole rings is 1. The zero-order chi connectivity index (χ0) is 22.0. The van der Waals surface area contributed by atoms with Crippen LogP contribution in [0.25, 0.3) is 0 Å². The Labute approximate surface area is 184 Å². The molecule has 7 nitrogen and oxygen atoms in total. The molecule has 3 aromatic rings. The summed E-state index contributed by atoms with van der Waals surface area (Å²) in [5, 5.41) is 4.62. The Morgan fingerprint density at radius 1 is 1.10 bits per heavy atom. The van der Waals surface area contributed by atoms with Crippen LogP contribution in [0.3, 0.4) is 0 Å². The van der Waals surface area contributed by atoms with Gasteiger partial charge in [-0.15, -0.1) is 0 Å². The molecule has 1 amide bonds. The van der Waals surface area contributed by atoms with Crippen LogP contribution < -0.4 is 0 Å². The normalized spacial score (nSPS) is 16.1. The van der Waals surface area contributed by atoms with Crippen molar-refractivity contribution in [3.63, 3.8) is 0 Å². The maximum atomic E-state index is 13.3. The number of nitrogens with zero attached hydrogens (tertiary/aromatic N) is 6. The standard InChI is InChI=1S/C24H32N6O/c1-5-30-21(17-20(26-30)18(2)3)24(31)29-15-13-28(14-16-29)22(19-9-7-6-8-10-19)23-25-11-12-27(23)4/h6-12,17-18,22H,5,13-16H2,1-4H3/t22-/m0/s1. The lowest BCUT2D eigenvalue weighted by Gasteiger charge is -2.39. The van der Waals surface area contributed by atoms with Gasteiger partial charge in [-0.1, -0.05) is 44.2 Å². The topological polar surface area (TPSA) is 59.2 Å². The van der Waals surface area contributed by atoms with E-state index in [1.54, 1.807) is 0 Å². The molecule has 7 heteroatoms. The van der Waals surface area contributed by atoms with Gasteiger partial charge in [-0.2, -0.15) is 5.10 Å². The van der Waals surface area contributed by atoms with Gasteiger partial charge >= 0.3 is 0 Å². The predicted molar refractivity (Wildman–Crippen MR) is 121 cm³/mol. The molecule has 164 valence electrons. The second-order valence-electron chi connectivity index (χ2n) is 8.46. The Kier molecular flexibility index (Phi) is 6.23. The number of piperazine rings is 1. The second kappa shape index (κ2) is 9.06. The minimum absolute atomic E-state index is 0.0761. The molecule has 0 aliphatic carbocycles. The van der Waals surface area contributed by atoms with Crippen molar-refractivity contribution in [1.29, 1.82) is 0 Å². The van der Waals surface area contributed by atoms with Gasteiger partial charge in [-0.05, 0) is 24.5 Å². The van der Waals surface area contributed by atoms with Crippen molar-refractivity contribution in [2.24, 2.45) is 7.05 Å². The molecular weight excluding hydrogens is 388 g/mol. The fourth-order valence-electron chi connectivity index (χ4n) is 4.28. The maximum absolute atomic E-state index is 13.3. The van der Waals surface area contributed by atoms with Crippen LogP contribution in [0, 0.1) is 0 Å². The zero-order valence-corrected chi connectivity index (χ0v) is 18.9. The number of benzene rings is 1. The number of carbonyl (C=O) groups excluding carboxylic acids is 1. The first kappa shape index (κ1) is 21.3. The highest BCUT2D eigenvalue weighted by Crippen LogP contribution is 2.28. The second-order valence-corrected chi connectivity index (χ2v) is 8.46. The first-order valence-corrected chi connectivity index (χ1v) is 11.1. The number of aryl methyl sites for hydroxylation is 2. The Morgan fingerprint density at radius 2 is 1.81 bits per heavy atom. The number of aromatic nitrogens is 4. The lowest BCUT2D eigenvalue weighted by molar-refractivity contribution is 0.0578. The third-order valence-electron chi connectivity index (χ3n) is 6.09. The molecule has 0 saturated carbocycles. The monoisotopic (exact) mass is 420 g/mol. The SMILES string of the molecule is CCn1nc(C(C)C)cc1C(=O)N1CCN([C@@H](c2ccccc2)c2nccn2C)CC1. The molecule has 1 atom stereocenters. The van der Waals surface area contributed by atoms with Crippen LogP contribution in [0.1, 0.15) is 60.3 Å². The Bertz CT molecular complexity index is 1010. The fourth-order valence-corrected chi connectivity index (χ4v) is 4.28. The van der Waals surface area contributed by atoms with Crippen molar-refractivity contribution in [1.82, 2.24) is 29.1 Å². The molecule has 1 aliphatic rings. The minimum Gasteiger partial charge on any atom is -0.336 e. The van der Waals surface area contributed by atoms with Crippen LogP contribution in [0.15, 0.2) is 48.8 Å². The Morgan fingerprint density at radius 3 is 2.39 bits per heavy atom. The van der Waals surface area contributed by atoms with Gasteiger partial charge in [0.2, 0.25) is 0 Å². The summed E-state index contributed by atoms with van der Waals surface area (Å²) < 4.78 is 3.92. The van der Waals surface area contributed by atoms with E-state index in [-0.39, 0.29) is 11.9 Å². The van der Waals surface area contributed by atoms with Crippen LogP contribution >= 0.6 is 0 Å². The molecule has 0 unspecified atom stereocenters. The van der Waals surface area contributed by atoms with Crippen molar-refractivity contribution >= 4 is 5.91 Å². The Hall–Kier alpha value is -2.93. The first-order valence-electron chi connectivity index (χ1n) is 11.1. The highest BCUT2D eigenvalue weighted by atomic mass is 16.2. The molecular formula is C24H32N6O. The van der Waals surface area contributed by atoms with Crippen molar-refractivity contribution < 1.29 is 4.79 Å². The largest absolute Gasteiger partial charge is 0.336 e. The number of amides is 1.